The molecule has 0 aliphatic heterocycles. The summed E-state index contributed by atoms with van der Waals surface area (Å²) in [5, 5.41) is 8.81. The van der Waals surface area contributed by atoms with Crippen LogP contribution in [0.15, 0.2) is 16.8 Å². The molecule has 0 saturated carbocycles. The molecule has 2 amide bonds. The van der Waals surface area contributed by atoms with Crippen LogP contribution < -0.4 is 10.6 Å². The summed E-state index contributed by atoms with van der Waals surface area (Å²) in [7, 11) is 0. The zero-order chi connectivity index (χ0) is 11.3. The van der Waals surface area contributed by atoms with Gasteiger partial charge in [-0.3, -0.25) is 9.59 Å². The summed E-state index contributed by atoms with van der Waals surface area (Å²) in [6, 6.07) is 1.82. The first-order valence-corrected chi connectivity index (χ1v) is 5.63. The normalized spacial score (nSPS) is 10.1. The lowest BCUT2D eigenvalue weighted by atomic mass is 10.3. The van der Waals surface area contributed by atoms with Crippen molar-refractivity contribution < 1.29 is 9.59 Å². The minimum absolute atomic E-state index is 0.0207. The highest BCUT2D eigenvalue weighted by Gasteiger charge is 2.08. The van der Waals surface area contributed by atoms with Crippen molar-refractivity contribution in [2.45, 2.75) is 19.9 Å². The van der Waals surface area contributed by atoms with Gasteiger partial charge in [0, 0.05) is 17.0 Å². The molecule has 0 unspecified atom stereocenters. The van der Waals surface area contributed by atoms with Crippen molar-refractivity contribution in [3.63, 3.8) is 0 Å². The predicted molar refractivity (Wildman–Crippen MR) is 59.9 cm³/mol. The topological polar surface area (TPSA) is 58.2 Å². The highest BCUT2D eigenvalue weighted by atomic mass is 32.1. The number of carbonyl (C=O) groups is 2. The molecule has 1 aromatic heterocycles. The van der Waals surface area contributed by atoms with Crippen LogP contribution in [0.1, 0.15) is 24.2 Å². The number of hydrogen-bond donors (Lipinski definition) is 2. The molecule has 0 bridgehead atoms. The van der Waals surface area contributed by atoms with Gasteiger partial charge in [0.05, 0.1) is 6.54 Å². The molecular formula is C10H14N2O2S. The van der Waals surface area contributed by atoms with Gasteiger partial charge in [-0.05, 0) is 25.3 Å². The summed E-state index contributed by atoms with van der Waals surface area (Å²) in [4.78, 5) is 22.6. The highest BCUT2D eigenvalue weighted by molar-refractivity contribution is 7.08. The fraction of sp³-hybridized carbons (Fsp3) is 0.400. The highest BCUT2D eigenvalue weighted by Crippen LogP contribution is 2.04. The van der Waals surface area contributed by atoms with Crippen LogP contribution in [0.4, 0.5) is 0 Å². The Balaban J connectivity index is 2.32. The maximum atomic E-state index is 11.4. The number of hydrogen-bond acceptors (Lipinski definition) is 3. The lowest BCUT2D eigenvalue weighted by Crippen LogP contribution is -2.39. The molecule has 1 heterocycles. The van der Waals surface area contributed by atoms with Gasteiger partial charge in [0.25, 0.3) is 5.91 Å². The van der Waals surface area contributed by atoms with Crippen molar-refractivity contribution in [2.24, 2.45) is 0 Å². The third-order valence-electron chi connectivity index (χ3n) is 1.64. The van der Waals surface area contributed by atoms with E-state index in [0.29, 0.717) is 5.56 Å². The standard InChI is InChI=1S/C10H14N2O2S/c1-7(2)12-9(13)5-11-10(14)8-3-4-15-6-8/h3-4,6-7H,5H2,1-2H3,(H,11,14)(H,12,13). The second-order valence-electron chi connectivity index (χ2n) is 3.42. The van der Waals surface area contributed by atoms with Crippen LogP contribution in [-0.2, 0) is 4.79 Å². The maximum absolute atomic E-state index is 11.4. The Labute approximate surface area is 92.7 Å². The minimum Gasteiger partial charge on any atom is -0.352 e. The van der Waals surface area contributed by atoms with Gasteiger partial charge in [-0.25, -0.2) is 0 Å². The molecule has 0 spiro atoms. The molecule has 0 aliphatic carbocycles. The molecular weight excluding hydrogens is 212 g/mol. The van der Waals surface area contributed by atoms with Crippen LogP contribution in [0.2, 0.25) is 0 Å². The van der Waals surface area contributed by atoms with E-state index in [1.54, 1.807) is 11.4 Å². The largest absolute Gasteiger partial charge is 0.352 e. The van der Waals surface area contributed by atoms with Crippen molar-refractivity contribution in [3.05, 3.63) is 22.4 Å². The third kappa shape index (κ3) is 4.12. The molecule has 82 valence electrons. The fourth-order valence-electron chi connectivity index (χ4n) is 1.03. The quantitative estimate of drug-likeness (QED) is 0.804. The smallest absolute Gasteiger partial charge is 0.252 e. The summed E-state index contributed by atoms with van der Waals surface area (Å²) in [5.41, 5.74) is 0.595. The summed E-state index contributed by atoms with van der Waals surface area (Å²) in [5.74, 6) is -0.385. The zero-order valence-corrected chi connectivity index (χ0v) is 9.56. The van der Waals surface area contributed by atoms with Gasteiger partial charge < -0.3 is 10.6 Å². The van der Waals surface area contributed by atoms with E-state index < -0.39 is 0 Å². The molecule has 1 aromatic rings. The van der Waals surface area contributed by atoms with E-state index in [1.807, 2.05) is 19.2 Å². The van der Waals surface area contributed by atoms with Crippen LogP contribution in [0, 0.1) is 0 Å². The van der Waals surface area contributed by atoms with E-state index in [1.165, 1.54) is 11.3 Å². The van der Waals surface area contributed by atoms with E-state index in [2.05, 4.69) is 10.6 Å². The first-order chi connectivity index (χ1) is 7.09. The third-order valence-corrected chi connectivity index (χ3v) is 2.33. The molecule has 0 atom stereocenters. The van der Waals surface area contributed by atoms with Gasteiger partial charge in [0.15, 0.2) is 0 Å². The molecule has 0 aromatic carbocycles. The molecule has 0 saturated heterocycles. The Morgan fingerprint density at radius 2 is 2.20 bits per heavy atom. The van der Waals surface area contributed by atoms with Crippen LogP contribution in [0.5, 0.6) is 0 Å². The number of rotatable bonds is 4. The van der Waals surface area contributed by atoms with E-state index >= 15 is 0 Å². The molecule has 4 nitrogen and oxygen atoms in total. The van der Waals surface area contributed by atoms with Crippen LogP contribution in [0.3, 0.4) is 0 Å². The van der Waals surface area contributed by atoms with Crippen molar-refractivity contribution in [1.29, 1.82) is 0 Å². The van der Waals surface area contributed by atoms with Crippen LogP contribution in [0.25, 0.3) is 0 Å². The van der Waals surface area contributed by atoms with Gasteiger partial charge >= 0.3 is 0 Å². The Morgan fingerprint density at radius 1 is 1.47 bits per heavy atom. The molecule has 0 fully saturated rings. The van der Waals surface area contributed by atoms with Gasteiger partial charge in [-0.1, -0.05) is 0 Å². The van der Waals surface area contributed by atoms with E-state index in [-0.39, 0.29) is 24.4 Å². The number of carbonyl (C=O) groups excluding carboxylic acids is 2. The summed E-state index contributed by atoms with van der Waals surface area (Å²) >= 11 is 1.45. The minimum atomic E-state index is -0.213. The Morgan fingerprint density at radius 3 is 2.73 bits per heavy atom. The van der Waals surface area contributed by atoms with E-state index in [4.69, 9.17) is 0 Å². The Bertz CT molecular complexity index is 333. The van der Waals surface area contributed by atoms with E-state index in [0.717, 1.165) is 0 Å². The number of thiophene rings is 1. The molecule has 15 heavy (non-hydrogen) atoms. The summed E-state index contributed by atoms with van der Waals surface area (Å²) in [6.07, 6.45) is 0. The van der Waals surface area contributed by atoms with E-state index in [9.17, 15) is 9.59 Å². The average Bonchev–Trinajstić information content (AvgIpc) is 2.65. The second kappa shape index (κ2) is 5.50. The Kier molecular flexibility index (Phi) is 4.30. The van der Waals surface area contributed by atoms with Gasteiger partial charge in [-0.2, -0.15) is 11.3 Å². The van der Waals surface area contributed by atoms with Crippen LogP contribution in [-0.4, -0.2) is 24.4 Å². The molecule has 0 radical (unpaired) electrons. The summed E-state index contributed by atoms with van der Waals surface area (Å²) in [6.45, 7) is 3.77. The van der Waals surface area contributed by atoms with Crippen molar-refractivity contribution in [2.75, 3.05) is 6.54 Å². The lowest BCUT2D eigenvalue weighted by molar-refractivity contribution is -0.120. The Hall–Kier alpha value is -1.36. The first kappa shape index (κ1) is 11.7. The fourth-order valence-corrected chi connectivity index (χ4v) is 1.67. The second-order valence-corrected chi connectivity index (χ2v) is 4.20. The van der Waals surface area contributed by atoms with Gasteiger partial charge in [0.2, 0.25) is 5.91 Å². The zero-order valence-electron chi connectivity index (χ0n) is 8.74. The number of nitrogens with one attached hydrogen (secondary N) is 2. The summed E-state index contributed by atoms with van der Waals surface area (Å²) < 4.78 is 0. The van der Waals surface area contributed by atoms with Crippen molar-refractivity contribution >= 4 is 23.2 Å². The lowest BCUT2D eigenvalue weighted by Gasteiger charge is -2.08. The molecule has 1 rings (SSSR count). The maximum Gasteiger partial charge on any atom is 0.252 e. The van der Waals surface area contributed by atoms with Gasteiger partial charge in [-0.15, -0.1) is 0 Å². The van der Waals surface area contributed by atoms with Crippen molar-refractivity contribution in [1.82, 2.24) is 10.6 Å². The van der Waals surface area contributed by atoms with Gasteiger partial charge in [0.1, 0.15) is 0 Å². The van der Waals surface area contributed by atoms with Crippen LogP contribution >= 0.6 is 11.3 Å². The molecule has 0 aliphatic rings. The molecule has 2 N–H and O–H groups in total. The van der Waals surface area contributed by atoms with Crippen molar-refractivity contribution in [3.8, 4) is 0 Å². The predicted octanol–water partition coefficient (Wildman–Crippen LogP) is 1.00. The SMILES string of the molecule is CC(C)NC(=O)CNC(=O)c1ccsc1. The first-order valence-electron chi connectivity index (χ1n) is 4.69. The molecule has 5 heteroatoms. The number of amides is 2. The average molecular weight is 226 g/mol. The monoisotopic (exact) mass is 226 g/mol.